The molecule has 20 aliphatic rings. The fraction of sp³-hybridized carbons (Fsp3) is 0.861. The maximum atomic E-state index is 13.7. The first-order valence-corrected chi connectivity index (χ1v) is 53.1. The normalized spacial score (nSPS) is 47.6. The third kappa shape index (κ3) is 16.8. The van der Waals surface area contributed by atoms with E-state index in [0.29, 0.717) is 101 Å². The zero-order valence-corrected chi connectivity index (χ0v) is 79.8. The topological polar surface area (TPSA) is 287 Å². The molecule has 4 N–H and O–H groups in total. The van der Waals surface area contributed by atoms with Crippen LogP contribution in [0.25, 0.3) is 4.85 Å². The molecule has 21 heteroatoms. The number of rotatable bonds is 16. The molecule has 4 heterocycles. The molecule has 36 atom stereocenters. The summed E-state index contributed by atoms with van der Waals surface area (Å²) in [6.45, 7) is 28.3. The van der Waals surface area contributed by atoms with Gasteiger partial charge in [0.25, 0.3) is 0 Å². The molecule has 0 aliphatic heterocycles. The van der Waals surface area contributed by atoms with E-state index in [-0.39, 0.29) is 51.9 Å². The first kappa shape index (κ1) is 89.6. The molecule has 24 rings (SSSR count). The lowest BCUT2D eigenvalue weighted by Crippen LogP contribution is -2.52. The average molecular weight is 1770 g/mol. The molecule has 0 radical (unpaired) electrons. The first-order chi connectivity index (χ1) is 61.7. The number of carbonyl (C=O) groups excluding carboxylic acids is 4. The number of nitrogens with zero attached hydrogens (tertiary/aromatic N) is 13. The second kappa shape index (κ2) is 33.8. The average Bonchev–Trinajstić information content (AvgIpc) is 1.57. The lowest BCUT2D eigenvalue weighted by molar-refractivity contribution is -0.134. The first-order valence-electron chi connectivity index (χ1n) is 53.1. The van der Waals surface area contributed by atoms with Gasteiger partial charge in [-0.25, -0.2) is 4.85 Å². The molecule has 21 nitrogen and oxygen atoms in total. The van der Waals surface area contributed by atoms with Crippen LogP contribution in [0.15, 0.2) is 37.1 Å². The highest BCUT2D eigenvalue weighted by Crippen LogP contribution is 2.75. The van der Waals surface area contributed by atoms with Crippen LogP contribution in [0.4, 0.5) is 5.69 Å². The summed E-state index contributed by atoms with van der Waals surface area (Å²) in [4.78, 5) is 60.9. The standard InChI is InChI=1S/2C28H39N3O2.C26H40N4O2.C26H39N3O2/c1-27(33)10-8-20-18(13-27)6-7-22-21(20)9-11-28(2)24(12-23(26(22)28)17-4-5-17)25(32)16-31-15-19(29-3)14-30-31;1-27(33)10-7-20-18(14-27)5-6-22-21(20)8-11-28(2)24(13-23(26(22)28)17-3-4-17)25(32)16-31-12-9-19(15-29)30-31;1-15-27-29-30(28-15)14-23(31)22-12-21(16-4-5-16)24-20-7-6-17-13-25(2,32)10-8-18(17)19(20)9-11-26(22,24)3;1-25(31)9-7-18-17(14-25)5-6-20-19(18)8-10-26(2)22(13-21(24(20)26)16-3-4-16)23(30)15-29-27-11-12-28-29/h14-15,17-18,20-24,26,33H,4-13,16H2,1-2H3;9,12,17-18,20-24,26,33H,3-8,10-11,13-14,16H2,1-2H3;16-22,24,32H,4-14H2,1-3H3;11-12,16-22,24,31H,3-10,13-15H2,1-2H3/t2*18-,20+,21-,22-,23+,24-,26-,27-,28-;2*17-,18+,19-,20-,21+,22-,24-,25-,26-/m1111/s1. The number of ketones is 4. The van der Waals surface area contributed by atoms with Crippen molar-refractivity contribution in [1.29, 1.82) is 5.26 Å². The van der Waals surface area contributed by atoms with Crippen LogP contribution in [0, 0.1) is 236 Å². The van der Waals surface area contributed by atoms with Gasteiger partial charge < -0.3 is 20.4 Å². The van der Waals surface area contributed by atoms with Gasteiger partial charge in [-0.05, 0) is 490 Å². The van der Waals surface area contributed by atoms with Gasteiger partial charge in [0.15, 0.2) is 34.7 Å². The van der Waals surface area contributed by atoms with Gasteiger partial charge in [0.05, 0.1) is 60.7 Å². The number of tetrazole rings is 1. The van der Waals surface area contributed by atoms with Crippen LogP contribution in [0.5, 0.6) is 0 Å². The molecule has 0 saturated heterocycles. The molecule has 702 valence electrons. The summed E-state index contributed by atoms with van der Waals surface area (Å²) in [5.74, 6) is 24.1. The van der Waals surface area contributed by atoms with E-state index in [0.717, 1.165) is 201 Å². The number of nitriles is 1. The van der Waals surface area contributed by atoms with Crippen LogP contribution in [0.1, 0.15) is 324 Å². The minimum absolute atomic E-state index is 0.115. The van der Waals surface area contributed by atoms with Crippen molar-refractivity contribution in [3.05, 3.63) is 60.0 Å². The number of fused-ring (bicyclic) bond motifs is 20. The van der Waals surface area contributed by atoms with Gasteiger partial charge in [0.1, 0.15) is 19.2 Å². The smallest absolute Gasteiger partial charge is 0.224 e. The van der Waals surface area contributed by atoms with E-state index in [9.17, 15) is 39.6 Å². The summed E-state index contributed by atoms with van der Waals surface area (Å²) >= 11 is 0. The van der Waals surface area contributed by atoms with E-state index < -0.39 is 22.4 Å². The number of Topliss-reactive ketones (excluding diaryl/α,β-unsaturated/α-hetero) is 4. The largest absolute Gasteiger partial charge is 0.390 e. The highest BCUT2D eigenvalue weighted by Gasteiger charge is 2.70. The number of hydrogen-bond donors (Lipinski definition) is 4. The van der Waals surface area contributed by atoms with Crippen molar-refractivity contribution in [2.75, 3.05) is 0 Å². The number of carbonyl (C=O) groups is 4. The van der Waals surface area contributed by atoms with Crippen LogP contribution in [0.3, 0.4) is 0 Å². The van der Waals surface area contributed by atoms with Gasteiger partial charge in [0.2, 0.25) is 5.69 Å². The summed E-state index contributed by atoms with van der Waals surface area (Å²) in [6, 6.07) is 3.77. The van der Waals surface area contributed by atoms with Crippen LogP contribution in [0.2, 0.25) is 0 Å². The van der Waals surface area contributed by atoms with Crippen molar-refractivity contribution >= 4 is 28.8 Å². The predicted molar refractivity (Wildman–Crippen MR) is 489 cm³/mol. The van der Waals surface area contributed by atoms with Gasteiger partial charge in [-0.1, -0.05) is 27.7 Å². The zero-order chi connectivity index (χ0) is 89.5. The predicted octanol–water partition coefficient (Wildman–Crippen LogP) is 19.3. The monoisotopic (exact) mass is 1760 g/mol. The van der Waals surface area contributed by atoms with Gasteiger partial charge in [-0.2, -0.15) is 35.2 Å². The molecule has 20 fully saturated rings. The fourth-order valence-electron chi connectivity index (χ4n) is 37.8. The summed E-state index contributed by atoms with van der Waals surface area (Å²) in [6.07, 6.45) is 56.6. The lowest BCUT2D eigenvalue weighted by atomic mass is 9.48. The van der Waals surface area contributed by atoms with Crippen molar-refractivity contribution in [3.8, 4) is 6.07 Å². The minimum Gasteiger partial charge on any atom is -0.390 e. The third-order valence-corrected chi connectivity index (χ3v) is 43.4. The van der Waals surface area contributed by atoms with Crippen LogP contribution in [-0.2, 0) is 45.4 Å². The van der Waals surface area contributed by atoms with E-state index >= 15 is 0 Å². The maximum Gasteiger partial charge on any atom is 0.224 e. The lowest BCUT2D eigenvalue weighted by Gasteiger charge is -2.57. The second-order valence-corrected chi connectivity index (χ2v) is 51.0. The van der Waals surface area contributed by atoms with E-state index in [1.807, 2.05) is 20.8 Å². The Morgan fingerprint density at radius 2 is 0.698 bits per heavy atom. The Morgan fingerprint density at radius 1 is 0.388 bits per heavy atom. The molecular weight excluding hydrogens is 1610 g/mol. The highest BCUT2D eigenvalue weighted by atomic mass is 16.3. The quantitative estimate of drug-likeness (QED) is 0.0758. The van der Waals surface area contributed by atoms with E-state index in [1.54, 1.807) is 51.2 Å². The Morgan fingerprint density at radius 3 is 0.992 bits per heavy atom. The SMILES string of the molecule is C[C@@]1(O)CC[C@H]2[C@H](CC[C@@H]3[C@@H]2CC[C@@]2(C)[C@H]3[C@H](C3CC3)C[C@@H]2C(=O)Cn2ccc(C#N)n2)C1.C[C@@]1(O)CC[C@H]2[C@H](CC[C@@H]3[C@@H]2CC[C@@]2(C)[C@H]3[C@H](C3CC3)C[C@@H]2C(=O)Cn2nccn2)C1.Cc1nnn(CC(=O)[C@H]2C[C@@H](C3CC3)[C@H]3[C@@H]4CC[C@@H]5C[C@](C)(O)CC[C@@H]5[C@H]4CC[C@@]32C)n1.[C-]#[N+]c1cnn(CC(=O)[C@H]2C[C@@H](C3CC3)[C@H]3[C@@H]4CC[C@@H]5C[C@](C)(O)CC[C@@H]5[C@H]4CC[C@@]32C)c1. The fourth-order valence-corrected chi connectivity index (χ4v) is 37.8. The van der Waals surface area contributed by atoms with Gasteiger partial charge in [0, 0.05) is 36.1 Å². The number of hydrogen-bond acceptors (Lipinski definition) is 16. The number of aliphatic hydroxyl groups is 4. The molecule has 4 aromatic heterocycles. The summed E-state index contributed by atoms with van der Waals surface area (Å²) in [5.41, 5.74) is -0.395. The molecule has 4 aromatic rings. The summed E-state index contributed by atoms with van der Waals surface area (Å²) in [7, 11) is 0. The Hall–Kier alpha value is -5.87. The molecule has 20 saturated carbocycles. The molecule has 0 bridgehead atoms. The van der Waals surface area contributed by atoms with Crippen molar-refractivity contribution in [3.63, 3.8) is 0 Å². The molecule has 20 aliphatic carbocycles. The molecular formula is C108H157N13O8. The Balaban J connectivity index is 0.000000104. The molecule has 0 spiro atoms. The summed E-state index contributed by atoms with van der Waals surface area (Å²) in [5, 5.41) is 81.1. The van der Waals surface area contributed by atoms with Crippen molar-refractivity contribution in [1.82, 2.24) is 54.8 Å². The van der Waals surface area contributed by atoms with Gasteiger partial charge in [-0.15, -0.1) is 10.2 Å². The molecule has 0 unspecified atom stereocenters. The van der Waals surface area contributed by atoms with Crippen molar-refractivity contribution in [2.24, 2.45) is 211 Å². The Kier molecular flexibility index (Phi) is 23.5. The van der Waals surface area contributed by atoms with Crippen molar-refractivity contribution < 1.29 is 39.6 Å². The zero-order valence-electron chi connectivity index (χ0n) is 79.8. The minimum atomic E-state index is -0.462. The molecule has 0 aromatic carbocycles. The Bertz CT molecular complexity index is 4700. The van der Waals surface area contributed by atoms with Crippen LogP contribution in [-0.4, -0.2) is 121 Å². The Labute approximate surface area is 768 Å². The second-order valence-electron chi connectivity index (χ2n) is 51.0. The molecule has 129 heavy (non-hydrogen) atoms. The molecule has 0 amide bonds. The number of aromatic nitrogens is 11. The van der Waals surface area contributed by atoms with Gasteiger partial charge in [-0.3, -0.25) is 28.5 Å². The highest BCUT2D eigenvalue weighted by molar-refractivity contribution is 5.84. The van der Waals surface area contributed by atoms with Crippen LogP contribution < -0.4 is 0 Å². The third-order valence-electron chi connectivity index (χ3n) is 43.4. The van der Waals surface area contributed by atoms with E-state index in [1.165, 1.54) is 185 Å². The maximum absolute atomic E-state index is 13.7. The van der Waals surface area contributed by atoms with E-state index in [4.69, 9.17) is 11.8 Å². The van der Waals surface area contributed by atoms with Crippen LogP contribution >= 0.6 is 0 Å². The van der Waals surface area contributed by atoms with Crippen molar-refractivity contribution in [2.45, 2.75) is 368 Å². The summed E-state index contributed by atoms with van der Waals surface area (Å²) < 4.78 is 3.36. The number of aryl methyl sites for hydroxylation is 1. The van der Waals surface area contributed by atoms with E-state index in [2.05, 4.69) is 88.3 Å². The van der Waals surface area contributed by atoms with Gasteiger partial charge >= 0.3 is 0 Å².